The predicted molar refractivity (Wildman–Crippen MR) is 37.0 cm³/mol. The van der Waals surface area contributed by atoms with Crippen molar-refractivity contribution in [1.29, 1.82) is 0 Å². The van der Waals surface area contributed by atoms with Crippen LogP contribution in [0.25, 0.3) is 0 Å². The molecule has 0 aliphatic carbocycles. The van der Waals surface area contributed by atoms with E-state index in [1.165, 1.54) is 6.92 Å². The zero-order valence-electron chi connectivity index (χ0n) is 7.07. The molecule has 5 nitrogen and oxygen atoms in total. The predicted octanol–water partition coefficient (Wildman–Crippen LogP) is -0.491. The fourth-order valence-electron chi connectivity index (χ4n) is 0.653. The highest BCUT2D eigenvalue weighted by molar-refractivity contribution is 5.82. The van der Waals surface area contributed by atoms with Gasteiger partial charge >= 0.3 is 11.9 Å². The SMILES string of the molecule is [2H][C@](CC)(C(=O)O)[C@H](N)C(=O)O. The average Bonchev–Trinajstić information content (AvgIpc) is 2.01. The van der Waals surface area contributed by atoms with Crippen molar-refractivity contribution < 1.29 is 21.2 Å². The van der Waals surface area contributed by atoms with E-state index in [0.29, 0.717) is 0 Å². The minimum atomic E-state index is -2.13. The summed E-state index contributed by atoms with van der Waals surface area (Å²) >= 11 is 0. The lowest BCUT2D eigenvalue weighted by atomic mass is 9.98. The van der Waals surface area contributed by atoms with Crippen LogP contribution in [0.2, 0.25) is 0 Å². The first-order valence-corrected chi connectivity index (χ1v) is 3.08. The van der Waals surface area contributed by atoms with Gasteiger partial charge in [0.1, 0.15) is 6.04 Å². The van der Waals surface area contributed by atoms with E-state index in [4.69, 9.17) is 17.3 Å². The number of rotatable bonds is 4. The summed E-state index contributed by atoms with van der Waals surface area (Å²) in [5, 5.41) is 16.9. The van der Waals surface area contributed by atoms with E-state index in [1.54, 1.807) is 0 Å². The Labute approximate surface area is 65.2 Å². The highest BCUT2D eigenvalue weighted by atomic mass is 16.4. The molecular weight excluding hydrogens is 150 g/mol. The largest absolute Gasteiger partial charge is 0.481 e. The van der Waals surface area contributed by atoms with Crippen molar-refractivity contribution in [3.63, 3.8) is 0 Å². The molecule has 0 rings (SSSR count). The van der Waals surface area contributed by atoms with Gasteiger partial charge in [0.15, 0.2) is 0 Å². The van der Waals surface area contributed by atoms with E-state index in [2.05, 4.69) is 0 Å². The maximum atomic E-state index is 10.5. The third-order valence-corrected chi connectivity index (χ3v) is 1.30. The average molecular weight is 162 g/mol. The van der Waals surface area contributed by atoms with Crippen LogP contribution in [0.5, 0.6) is 0 Å². The van der Waals surface area contributed by atoms with E-state index < -0.39 is 23.9 Å². The summed E-state index contributed by atoms with van der Waals surface area (Å²) in [5.41, 5.74) is 5.04. The van der Waals surface area contributed by atoms with Gasteiger partial charge < -0.3 is 15.9 Å². The van der Waals surface area contributed by atoms with E-state index >= 15 is 0 Å². The van der Waals surface area contributed by atoms with E-state index in [9.17, 15) is 9.59 Å². The van der Waals surface area contributed by atoms with Crippen LogP contribution >= 0.6 is 0 Å². The van der Waals surface area contributed by atoms with Gasteiger partial charge in [-0.25, -0.2) is 0 Å². The van der Waals surface area contributed by atoms with Gasteiger partial charge in [0.2, 0.25) is 0 Å². The fourth-order valence-corrected chi connectivity index (χ4v) is 0.653. The Hall–Kier alpha value is -1.10. The molecule has 0 aromatic rings. The van der Waals surface area contributed by atoms with Crippen molar-refractivity contribution in [2.24, 2.45) is 11.6 Å². The monoisotopic (exact) mass is 162 g/mol. The molecule has 0 saturated carbocycles. The third-order valence-electron chi connectivity index (χ3n) is 1.30. The Kier molecular flexibility index (Phi) is 2.85. The molecule has 0 aromatic heterocycles. The molecule has 0 radical (unpaired) electrons. The van der Waals surface area contributed by atoms with Gasteiger partial charge in [-0.3, -0.25) is 9.59 Å². The molecule has 0 amide bonds. The standard InChI is InChI=1S/C6H11NO4/c1-2-3(5(8)9)4(7)6(10)11/h3-4H,2,7H2,1H3,(H,8,9)(H,10,11)/t3-,4+/m1/s1/i3D. The quantitative estimate of drug-likeness (QED) is 0.517. The highest BCUT2D eigenvalue weighted by Crippen LogP contribution is 2.06. The van der Waals surface area contributed by atoms with Crippen LogP contribution in [-0.4, -0.2) is 28.2 Å². The minimum absolute atomic E-state index is 0.143. The lowest BCUT2D eigenvalue weighted by molar-refractivity contribution is -0.150. The Morgan fingerprint density at radius 2 is 2.00 bits per heavy atom. The van der Waals surface area contributed by atoms with Gasteiger partial charge in [0.25, 0.3) is 0 Å². The molecule has 64 valence electrons. The molecular formula is C6H11NO4. The number of aliphatic carboxylic acids is 2. The molecule has 0 spiro atoms. The van der Waals surface area contributed by atoms with Crippen LogP contribution < -0.4 is 5.73 Å². The van der Waals surface area contributed by atoms with Crippen molar-refractivity contribution in [3.05, 3.63) is 0 Å². The number of carboxylic acid groups (broad SMARTS) is 2. The fraction of sp³-hybridized carbons (Fsp3) is 0.667. The van der Waals surface area contributed by atoms with Gasteiger partial charge in [-0.05, 0) is 6.42 Å². The first-order chi connectivity index (χ1) is 5.36. The Morgan fingerprint density at radius 3 is 2.09 bits per heavy atom. The molecule has 4 N–H and O–H groups in total. The second kappa shape index (κ2) is 3.92. The van der Waals surface area contributed by atoms with E-state index in [-0.39, 0.29) is 6.42 Å². The van der Waals surface area contributed by atoms with Crippen LogP contribution in [0.15, 0.2) is 0 Å². The summed E-state index contributed by atoms with van der Waals surface area (Å²) in [6, 6.07) is -1.69. The summed E-state index contributed by atoms with van der Waals surface area (Å²) in [5.74, 6) is -5.12. The molecule has 0 saturated heterocycles. The zero-order chi connectivity index (χ0) is 9.94. The molecule has 0 heterocycles. The summed E-state index contributed by atoms with van der Waals surface area (Å²) in [6.45, 7) is 1.41. The maximum Gasteiger partial charge on any atom is 0.321 e. The number of hydrogen-bond acceptors (Lipinski definition) is 3. The van der Waals surface area contributed by atoms with Gasteiger partial charge in [0, 0.05) is 1.37 Å². The third kappa shape index (κ3) is 2.55. The van der Waals surface area contributed by atoms with Crippen molar-refractivity contribution in [2.45, 2.75) is 19.4 Å². The Morgan fingerprint density at radius 1 is 1.55 bits per heavy atom. The van der Waals surface area contributed by atoms with Crippen molar-refractivity contribution in [2.75, 3.05) is 0 Å². The molecule has 0 aromatic carbocycles. The van der Waals surface area contributed by atoms with Crippen LogP contribution in [0.4, 0.5) is 0 Å². The van der Waals surface area contributed by atoms with Crippen molar-refractivity contribution in [3.8, 4) is 0 Å². The second-order valence-electron chi connectivity index (χ2n) is 2.00. The topological polar surface area (TPSA) is 101 Å². The molecule has 0 bridgehead atoms. The van der Waals surface area contributed by atoms with Gasteiger partial charge in [-0.1, -0.05) is 6.92 Å². The maximum absolute atomic E-state index is 10.5. The number of nitrogens with two attached hydrogens (primary N) is 1. The lowest BCUT2D eigenvalue weighted by Gasteiger charge is -2.13. The van der Waals surface area contributed by atoms with Crippen LogP contribution in [0, 0.1) is 5.89 Å². The summed E-state index contributed by atoms with van der Waals surface area (Å²) in [7, 11) is 0. The van der Waals surface area contributed by atoms with E-state index in [0.717, 1.165) is 0 Å². The van der Waals surface area contributed by atoms with Crippen LogP contribution in [-0.2, 0) is 9.59 Å². The van der Waals surface area contributed by atoms with Gasteiger partial charge in [0.05, 0.1) is 5.89 Å². The zero-order valence-corrected chi connectivity index (χ0v) is 6.07. The molecule has 0 aliphatic rings. The van der Waals surface area contributed by atoms with Crippen molar-refractivity contribution in [1.82, 2.24) is 0 Å². The smallest absolute Gasteiger partial charge is 0.321 e. The number of hydrogen-bond donors (Lipinski definition) is 3. The van der Waals surface area contributed by atoms with Crippen LogP contribution in [0.1, 0.15) is 14.7 Å². The number of carbonyl (C=O) groups is 2. The normalized spacial score (nSPS) is 19.6. The molecule has 2 atom stereocenters. The molecule has 0 fully saturated rings. The first-order valence-electron chi connectivity index (χ1n) is 3.58. The minimum Gasteiger partial charge on any atom is -0.481 e. The second-order valence-corrected chi connectivity index (χ2v) is 2.00. The van der Waals surface area contributed by atoms with Gasteiger partial charge in [-0.15, -0.1) is 0 Å². The molecule has 0 unspecified atom stereocenters. The van der Waals surface area contributed by atoms with Crippen LogP contribution in [0.3, 0.4) is 0 Å². The Balaban J connectivity index is 4.75. The molecule has 11 heavy (non-hydrogen) atoms. The molecule has 5 heteroatoms. The lowest BCUT2D eigenvalue weighted by Crippen LogP contribution is -2.41. The number of carboxylic acids is 2. The summed E-state index contributed by atoms with van der Waals surface area (Å²) in [4.78, 5) is 20.8. The molecule has 0 aliphatic heterocycles. The Bertz CT molecular complexity index is 208. The first kappa shape index (κ1) is 8.00. The van der Waals surface area contributed by atoms with Crippen molar-refractivity contribution >= 4 is 11.9 Å². The van der Waals surface area contributed by atoms with Gasteiger partial charge in [-0.2, -0.15) is 0 Å². The van der Waals surface area contributed by atoms with E-state index in [1.807, 2.05) is 0 Å². The summed E-state index contributed by atoms with van der Waals surface area (Å²) < 4.78 is 7.26. The summed E-state index contributed by atoms with van der Waals surface area (Å²) in [6.07, 6.45) is -0.143. The highest BCUT2D eigenvalue weighted by Gasteiger charge is 2.28.